The van der Waals surface area contributed by atoms with Crippen molar-refractivity contribution in [2.75, 3.05) is 50.7 Å². The van der Waals surface area contributed by atoms with Gasteiger partial charge in [-0.15, -0.1) is 0 Å². The summed E-state index contributed by atoms with van der Waals surface area (Å²) in [6.07, 6.45) is 2.28. The molecule has 0 unspecified atom stereocenters. The summed E-state index contributed by atoms with van der Waals surface area (Å²) in [5.41, 5.74) is 3.77. The highest BCUT2D eigenvalue weighted by Gasteiger charge is 2.22. The molecule has 3 N–H and O–H groups in total. The highest BCUT2D eigenvalue weighted by molar-refractivity contribution is 5.90. The SMILES string of the molecule is Fc1ccc2c(N3CCN(CCN4CCc5ccccc5C4)CC3)n[nH]c2c1.O=C(O)C=CC(=O)O. The molecule has 1 saturated heterocycles. The quantitative estimate of drug-likeness (QED) is 0.448. The van der Waals surface area contributed by atoms with Crippen LogP contribution in [0, 0.1) is 5.82 Å². The Bertz CT molecular complexity index is 1220. The number of carbonyl (C=O) groups is 2. The molecule has 0 saturated carbocycles. The minimum absolute atomic E-state index is 0.229. The van der Waals surface area contributed by atoms with Gasteiger partial charge in [0.2, 0.25) is 0 Å². The number of nitrogens with one attached hydrogen (secondary N) is 1. The predicted octanol–water partition coefficient (Wildman–Crippen LogP) is 2.59. The van der Waals surface area contributed by atoms with E-state index in [0.29, 0.717) is 12.2 Å². The van der Waals surface area contributed by atoms with Crippen molar-refractivity contribution in [2.45, 2.75) is 13.0 Å². The van der Waals surface area contributed by atoms with Gasteiger partial charge in [-0.25, -0.2) is 14.0 Å². The van der Waals surface area contributed by atoms with E-state index < -0.39 is 11.9 Å². The van der Waals surface area contributed by atoms with Crippen LogP contribution in [-0.2, 0) is 22.6 Å². The number of hydrogen-bond donors (Lipinski definition) is 3. The molecule has 5 rings (SSSR count). The van der Waals surface area contributed by atoms with Crippen molar-refractivity contribution in [3.05, 3.63) is 71.6 Å². The normalized spacial score (nSPS) is 16.5. The molecule has 2 aliphatic heterocycles. The van der Waals surface area contributed by atoms with Crippen molar-refractivity contribution < 1.29 is 24.2 Å². The fourth-order valence-electron chi connectivity index (χ4n) is 4.57. The zero-order valence-electron chi connectivity index (χ0n) is 19.9. The number of aromatic amines is 1. The summed E-state index contributed by atoms with van der Waals surface area (Å²) < 4.78 is 13.4. The van der Waals surface area contributed by atoms with Crippen LogP contribution in [-0.4, -0.2) is 88.0 Å². The maximum absolute atomic E-state index is 13.4. The molecule has 0 bridgehead atoms. The number of halogens is 1. The molecule has 1 aromatic heterocycles. The molecule has 0 aliphatic carbocycles. The number of nitrogens with zero attached hydrogens (tertiary/aromatic N) is 4. The molecule has 2 aliphatic rings. The van der Waals surface area contributed by atoms with Crippen LogP contribution in [0.1, 0.15) is 11.1 Å². The van der Waals surface area contributed by atoms with Crippen molar-refractivity contribution in [2.24, 2.45) is 0 Å². The van der Waals surface area contributed by atoms with Gasteiger partial charge in [0.25, 0.3) is 0 Å². The molecular weight excluding hydrogens is 465 g/mol. The average Bonchev–Trinajstić information content (AvgIpc) is 3.30. The molecule has 1 fully saturated rings. The highest BCUT2D eigenvalue weighted by Crippen LogP contribution is 2.25. The minimum Gasteiger partial charge on any atom is -0.478 e. The Labute approximate surface area is 208 Å². The van der Waals surface area contributed by atoms with Crippen LogP contribution in [0.5, 0.6) is 0 Å². The summed E-state index contributed by atoms with van der Waals surface area (Å²) in [5.74, 6) is -1.80. The lowest BCUT2D eigenvalue weighted by molar-refractivity contribution is -0.134. The zero-order valence-corrected chi connectivity index (χ0v) is 19.9. The molecule has 0 spiro atoms. The Balaban J connectivity index is 0.000000331. The molecule has 0 radical (unpaired) electrons. The van der Waals surface area contributed by atoms with Gasteiger partial charge in [-0.05, 0) is 35.7 Å². The van der Waals surface area contributed by atoms with E-state index in [1.807, 2.05) is 6.07 Å². The summed E-state index contributed by atoms with van der Waals surface area (Å²) in [6, 6.07) is 13.7. The van der Waals surface area contributed by atoms with Gasteiger partial charge in [0, 0.05) is 69.9 Å². The maximum Gasteiger partial charge on any atom is 0.328 e. The molecule has 190 valence electrons. The summed E-state index contributed by atoms with van der Waals surface area (Å²) in [4.78, 5) is 26.5. The van der Waals surface area contributed by atoms with E-state index in [4.69, 9.17) is 10.2 Å². The molecule has 0 amide bonds. The first-order chi connectivity index (χ1) is 17.4. The van der Waals surface area contributed by atoms with E-state index in [1.165, 1.54) is 23.3 Å². The third-order valence-electron chi connectivity index (χ3n) is 6.49. The van der Waals surface area contributed by atoms with E-state index in [-0.39, 0.29) is 5.82 Å². The molecule has 36 heavy (non-hydrogen) atoms. The molecule has 9 nitrogen and oxygen atoms in total. The summed E-state index contributed by atoms with van der Waals surface area (Å²) in [6.45, 7) is 8.47. The number of benzene rings is 2. The monoisotopic (exact) mass is 495 g/mol. The Morgan fingerprint density at radius 1 is 0.917 bits per heavy atom. The predicted molar refractivity (Wildman–Crippen MR) is 135 cm³/mol. The van der Waals surface area contributed by atoms with Gasteiger partial charge in [0.1, 0.15) is 5.82 Å². The van der Waals surface area contributed by atoms with Gasteiger partial charge in [-0.1, -0.05) is 24.3 Å². The van der Waals surface area contributed by atoms with Crippen molar-refractivity contribution in [3.8, 4) is 0 Å². The van der Waals surface area contributed by atoms with Crippen molar-refractivity contribution in [1.29, 1.82) is 0 Å². The lowest BCUT2D eigenvalue weighted by Crippen LogP contribution is -2.49. The van der Waals surface area contributed by atoms with Gasteiger partial charge >= 0.3 is 11.9 Å². The van der Waals surface area contributed by atoms with Crippen molar-refractivity contribution in [3.63, 3.8) is 0 Å². The van der Waals surface area contributed by atoms with E-state index in [0.717, 1.165) is 75.5 Å². The molecule has 0 atom stereocenters. The van der Waals surface area contributed by atoms with Crippen molar-refractivity contribution in [1.82, 2.24) is 20.0 Å². The van der Waals surface area contributed by atoms with Crippen LogP contribution >= 0.6 is 0 Å². The second kappa shape index (κ2) is 11.8. The van der Waals surface area contributed by atoms with E-state index >= 15 is 0 Å². The number of hydrogen-bond acceptors (Lipinski definition) is 6. The standard InChI is InChI=1S/C22H26FN5.C4H4O4/c23-19-5-6-20-21(15-19)24-25-22(20)28-13-11-26(12-14-28)9-10-27-8-7-17-3-1-2-4-18(17)16-27;5-3(6)1-2-4(7)8/h1-6,15H,7-14,16H2,(H,24,25);1-2H,(H,5,6)(H,7,8). The van der Waals surface area contributed by atoms with Gasteiger partial charge in [-0.3, -0.25) is 14.9 Å². The lowest BCUT2D eigenvalue weighted by atomic mass is 10.00. The number of piperazine rings is 1. The number of H-pyrrole nitrogens is 1. The number of fused-ring (bicyclic) bond motifs is 2. The Morgan fingerprint density at radius 2 is 1.58 bits per heavy atom. The van der Waals surface area contributed by atoms with Crippen LogP contribution in [0.4, 0.5) is 10.2 Å². The molecule has 2 aromatic carbocycles. The fourth-order valence-corrected chi connectivity index (χ4v) is 4.57. The zero-order chi connectivity index (χ0) is 25.5. The Morgan fingerprint density at radius 3 is 2.28 bits per heavy atom. The van der Waals surface area contributed by atoms with Gasteiger partial charge in [0.15, 0.2) is 5.82 Å². The summed E-state index contributed by atoms with van der Waals surface area (Å²) >= 11 is 0. The number of rotatable bonds is 6. The summed E-state index contributed by atoms with van der Waals surface area (Å²) in [5, 5.41) is 24.0. The first-order valence-electron chi connectivity index (χ1n) is 11.9. The fraction of sp³-hybridized carbons (Fsp3) is 0.346. The summed E-state index contributed by atoms with van der Waals surface area (Å²) in [7, 11) is 0. The maximum atomic E-state index is 13.4. The van der Waals surface area contributed by atoms with E-state index in [2.05, 4.69) is 49.2 Å². The third kappa shape index (κ3) is 6.67. The van der Waals surface area contributed by atoms with E-state index in [9.17, 15) is 14.0 Å². The Kier molecular flexibility index (Phi) is 8.29. The topological polar surface area (TPSA) is 113 Å². The van der Waals surface area contributed by atoms with Crippen LogP contribution in [0.2, 0.25) is 0 Å². The minimum atomic E-state index is -1.26. The highest BCUT2D eigenvalue weighted by atomic mass is 19.1. The second-order valence-electron chi connectivity index (χ2n) is 8.87. The van der Waals surface area contributed by atoms with Crippen LogP contribution in [0.3, 0.4) is 0 Å². The number of anilines is 1. The van der Waals surface area contributed by atoms with E-state index in [1.54, 1.807) is 0 Å². The molecule has 10 heteroatoms. The molecule has 3 heterocycles. The molecular formula is C26H30FN5O4. The van der Waals surface area contributed by atoms with Crippen LogP contribution < -0.4 is 4.90 Å². The molecule has 3 aromatic rings. The largest absolute Gasteiger partial charge is 0.478 e. The van der Waals surface area contributed by atoms with Gasteiger partial charge < -0.3 is 15.1 Å². The average molecular weight is 496 g/mol. The number of aromatic nitrogens is 2. The van der Waals surface area contributed by atoms with Gasteiger partial charge in [-0.2, -0.15) is 5.10 Å². The van der Waals surface area contributed by atoms with Gasteiger partial charge in [0.05, 0.1) is 5.52 Å². The lowest BCUT2D eigenvalue weighted by Gasteiger charge is -2.36. The third-order valence-corrected chi connectivity index (χ3v) is 6.49. The first-order valence-corrected chi connectivity index (χ1v) is 11.9. The smallest absolute Gasteiger partial charge is 0.328 e. The van der Waals surface area contributed by atoms with Crippen molar-refractivity contribution >= 4 is 28.7 Å². The first kappa shape index (κ1) is 25.3. The second-order valence-corrected chi connectivity index (χ2v) is 8.87. The van der Waals surface area contributed by atoms with Crippen LogP contribution in [0.15, 0.2) is 54.6 Å². The number of carboxylic acid groups (broad SMARTS) is 2. The van der Waals surface area contributed by atoms with Crippen LogP contribution in [0.25, 0.3) is 10.9 Å². The Hall–Kier alpha value is -3.76. The number of carboxylic acids is 2. The number of aliphatic carboxylic acids is 2.